The van der Waals surface area contributed by atoms with Gasteiger partial charge < -0.3 is 4.90 Å². The molecule has 116 valence electrons. The molecule has 0 N–H and O–H groups in total. The van der Waals surface area contributed by atoms with Gasteiger partial charge in [0.05, 0.1) is 0 Å². The molecule has 0 aromatic heterocycles. The van der Waals surface area contributed by atoms with E-state index in [1.165, 1.54) is 5.56 Å². The van der Waals surface area contributed by atoms with Crippen LogP contribution in [0.4, 0.5) is 0 Å². The summed E-state index contributed by atoms with van der Waals surface area (Å²) in [6.45, 7) is 7.08. The second-order valence-electron chi connectivity index (χ2n) is 5.69. The molecule has 0 amide bonds. The lowest BCUT2D eigenvalue weighted by Crippen LogP contribution is -2.53. The lowest BCUT2D eigenvalue weighted by atomic mass is 10.0. The molecule has 0 saturated carbocycles. The summed E-state index contributed by atoms with van der Waals surface area (Å²) in [6, 6.07) is 8.13. The molecular formula is C15H23N3O2S. The minimum absolute atomic E-state index is 0.506. The number of fused-ring (bicyclic) bond motifs is 1. The Morgan fingerprint density at radius 3 is 2.29 bits per heavy atom. The van der Waals surface area contributed by atoms with Gasteiger partial charge in [-0.1, -0.05) is 31.2 Å². The number of hydrogen-bond donors (Lipinski definition) is 0. The van der Waals surface area contributed by atoms with E-state index in [2.05, 4.69) is 17.9 Å². The number of hydrogen-bond acceptors (Lipinski definition) is 3. The molecule has 21 heavy (non-hydrogen) atoms. The molecule has 2 aliphatic rings. The zero-order chi connectivity index (χ0) is 14.9. The smallest absolute Gasteiger partial charge is 0.282 e. The summed E-state index contributed by atoms with van der Waals surface area (Å²) in [5, 5.41) is 0. The summed E-state index contributed by atoms with van der Waals surface area (Å²) in [7, 11) is -3.32. The molecule has 0 aliphatic carbocycles. The lowest BCUT2D eigenvalue weighted by Gasteiger charge is -2.37. The largest absolute Gasteiger partial charge is 0.301 e. The molecule has 2 aliphatic heterocycles. The SMILES string of the molecule is CCN1CCN(S(=O)(=O)N2CCc3ccccc3C2)CC1. The van der Waals surface area contributed by atoms with E-state index in [9.17, 15) is 8.42 Å². The van der Waals surface area contributed by atoms with E-state index in [0.29, 0.717) is 26.2 Å². The van der Waals surface area contributed by atoms with Gasteiger partial charge in [0.1, 0.15) is 0 Å². The van der Waals surface area contributed by atoms with Crippen molar-refractivity contribution in [3.8, 4) is 0 Å². The highest BCUT2D eigenvalue weighted by atomic mass is 32.2. The first-order chi connectivity index (χ1) is 10.1. The normalized spacial score (nSPS) is 22.1. The molecule has 0 unspecified atom stereocenters. The van der Waals surface area contributed by atoms with Crippen molar-refractivity contribution in [2.24, 2.45) is 0 Å². The van der Waals surface area contributed by atoms with Crippen LogP contribution in [0.3, 0.4) is 0 Å². The zero-order valence-corrected chi connectivity index (χ0v) is 13.3. The van der Waals surface area contributed by atoms with Gasteiger partial charge in [0.15, 0.2) is 0 Å². The molecule has 3 rings (SSSR count). The first-order valence-electron chi connectivity index (χ1n) is 7.65. The molecule has 6 heteroatoms. The maximum atomic E-state index is 12.8. The van der Waals surface area contributed by atoms with Crippen molar-refractivity contribution in [1.82, 2.24) is 13.5 Å². The monoisotopic (exact) mass is 309 g/mol. The lowest BCUT2D eigenvalue weighted by molar-refractivity contribution is 0.187. The molecule has 0 spiro atoms. The highest BCUT2D eigenvalue weighted by Gasteiger charge is 2.33. The van der Waals surface area contributed by atoms with Crippen LogP contribution in [0.25, 0.3) is 0 Å². The number of benzene rings is 1. The molecule has 1 aromatic rings. The molecule has 1 fully saturated rings. The summed E-state index contributed by atoms with van der Waals surface area (Å²) >= 11 is 0. The quantitative estimate of drug-likeness (QED) is 0.834. The van der Waals surface area contributed by atoms with Crippen LogP contribution in [0.15, 0.2) is 24.3 Å². The van der Waals surface area contributed by atoms with E-state index in [1.54, 1.807) is 8.61 Å². The van der Waals surface area contributed by atoms with Crippen LogP contribution in [-0.4, -0.2) is 61.2 Å². The van der Waals surface area contributed by atoms with Crippen molar-refractivity contribution in [2.45, 2.75) is 19.9 Å². The van der Waals surface area contributed by atoms with Gasteiger partial charge in [0, 0.05) is 39.3 Å². The van der Waals surface area contributed by atoms with Crippen LogP contribution in [-0.2, 0) is 23.2 Å². The third-order valence-electron chi connectivity index (χ3n) is 4.53. The average molecular weight is 309 g/mol. The van der Waals surface area contributed by atoms with Crippen LogP contribution in [0.1, 0.15) is 18.1 Å². The first-order valence-corrected chi connectivity index (χ1v) is 9.05. The van der Waals surface area contributed by atoms with Gasteiger partial charge in [-0.05, 0) is 24.1 Å². The van der Waals surface area contributed by atoms with E-state index in [0.717, 1.165) is 31.6 Å². The Labute approximate surface area is 127 Å². The number of likely N-dealkylation sites (N-methyl/N-ethyl adjacent to an activating group) is 1. The fourth-order valence-electron chi connectivity index (χ4n) is 3.11. The van der Waals surface area contributed by atoms with Crippen molar-refractivity contribution in [3.63, 3.8) is 0 Å². The summed E-state index contributed by atoms with van der Waals surface area (Å²) in [4.78, 5) is 2.29. The Kier molecular flexibility index (Phi) is 4.31. The van der Waals surface area contributed by atoms with Gasteiger partial charge in [-0.2, -0.15) is 17.0 Å². The topological polar surface area (TPSA) is 43.9 Å². The van der Waals surface area contributed by atoms with Crippen LogP contribution >= 0.6 is 0 Å². The second-order valence-corrected chi connectivity index (χ2v) is 7.62. The van der Waals surface area contributed by atoms with Crippen molar-refractivity contribution in [2.75, 3.05) is 39.3 Å². The van der Waals surface area contributed by atoms with Crippen LogP contribution in [0, 0.1) is 0 Å². The van der Waals surface area contributed by atoms with E-state index in [-0.39, 0.29) is 0 Å². The standard InChI is InChI=1S/C15H23N3O2S/c1-2-16-9-11-17(12-10-16)21(19,20)18-8-7-14-5-3-4-6-15(14)13-18/h3-6H,2,7-13H2,1H3. The number of piperazine rings is 1. The van der Waals surface area contributed by atoms with Crippen molar-refractivity contribution in [3.05, 3.63) is 35.4 Å². The molecular weight excluding hydrogens is 286 g/mol. The third kappa shape index (κ3) is 2.99. The molecule has 2 heterocycles. The predicted molar refractivity (Wildman–Crippen MR) is 83.2 cm³/mol. The van der Waals surface area contributed by atoms with Crippen LogP contribution in [0.5, 0.6) is 0 Å². The summed E-state index contributed by atoms with van der Waals surface area (Å²) in [6.07, 6.45) is 0.810. The third-order valence-corrected chi connectivity index (χ3v) is 6.51. The van der Waals surface area contributed by atoms with Gasteiger partial charge in [-0.3, -0.25) is 0 Å². The number of nitrogens with zero attached hydrogens (tertiary/aromatic N) is 3. The van der Waals surface area contributed by atoms with E-state index >= 15 is 0 Å². The summed E-state index contributed by atoms with van der Waals surface area (Å²) < 4.78 is 28.8. The summed E-state index contributed by atoms with van der Waals surface area (Å²) in [5.74, 6) is 0. The van der Waals surface area contributed by atoms with Crippen molar-refractivity contribution in [1.29, 1.82) is 0 Å². The molecule has 0 bridgehead atoms. The first kappa shape index (κ1) is 15.0. The molecule has 5 nitrogen and oxygen atoms in total. The fourth-order valence-corrected chi connectivity index (χ4v) is 4.68. The van der Waals surface area contributed by atoms with Gasteiger partial charge in [-0.15, -0.1) is 0 Å². The highest BCUT2D eigenvalue weighted by molar-refractivity contribution is 7.86. The minimum atomic E-state index is -3.32. The van der Waals surface area contributed by atoms with Crippen molar-refractivity contribution < 1.29 is 8.42 Å². The van der Waals surface area contributed by atoms with Gasteiger partial charge >= 0.3 is 0 Å². The predicted octanol–water partition coefficient (Wildman–Crippen LogP) is 0.927. The average Bonchev–Trinajstić information content (AvgIpc) is 2.54. The Hall–Kier alpha value is -0.950. The Morgan fingerprint density at radius 1 is 0.952 bits per heavy atom. The fraction of sp³-hybridized carbons (Fsp3) is 0.600. The van der Waals surface area contributed by atoms with Crippen molar-refractivity contribution >= 4 is 10.2 Å². The molecule has 1 aromatic carbocycles. The van der Waals surface area contributed by atoms with Crippen LogP contribution in [0.2, 0.25) is 0 Å². The Morgan fingerprint density at radius 2 is 1.62 bits per heavy atom. The van der Waals surface area contributed by atoms with Gasteiger partial charge in [0.25, 0.3) is 10.2 Å². The van der Waals surface area contributed by atoms with E-state index in [4.69, 9.17) is 0 Å². The highest BCUT2D eigenvalue weighted by Crippen LogP contribution is 2.23. The second kappa shape index (κ2) is 6.04. The van der Waals surface area contributed by atoms with E-state index in [1.807, 2.05) is 18.2 Å². The Bertz CT molecular complexity index is 595. The molecule has 1 saturated heterocycles. The summed E-state index contributed by atoms with van der Waals surface area (Å²) in [5.41, 5.74) is 2.42. The molecule has 0 radical (unpaired) electrons. The maximum Gasteiger partial charge on any atom is 0.282 e. The van der Waals surface area contributed by atoms with Crippen LogP contribution < -0.4 is 0 Å². The minimum Gasteiger partial charge on any atom is -0.301 e. The van der Waals surface area contributed by atoms with Gasteiger partial charge in [0.2, 0.25) is 0 Å². The number of rotatable bonds is 3. The van der Waals surface area contributed by atoms with Gasteiger partial charge in [-0.25, -0.2) is 0 Å². The molecule has 0 atom stereocenters. The van der Waals surface area contributed by atoms with E-state index < -0.39 is 10.2 Å². The Balaban J connectivity index is 1.72. The zero-order valence-electron chi connectivity index (χ0n) is 12.5. The maximum absolute atomic E-state index is 12.8.